The van der Waals surface area contributed by atoms with E-state index >= 15 is 0 Å². The number of amides is 1. The van der Waals surface area contributed by atoms with Gasteiger partial charge < -0.3 is 11.1 Å². The van der Waals surface area contributed by atoms with Crippen molar-refractivity contribution >= 4 is 27.5 Å². The van der Waals surface area contributed by atoms with E-state index in [2.05, 4.69) is 10.0 Å². The summed E-state index contributed by atoms with van der Waals surface area (Å²) in [6.45, 7) is 0.793. The Morgan fingerprint density at radius 3 is 2.70 bits per heavy atom. The molecule has 0 aliphatic rings. The van der Waals surface area contributed by atoms with Crippen LogP contribution in [0, 0.1) is 0 Å². The lowest BCUT2D eigenvalue weighted by Gasteiger charge is -2.08. The predicted molar refractivity (Wildman–Crippen MR) is 77.9 cm³/mol. The molecule has 0 fully saturated rings. The van der Waals surface area contributed by atoms with Crippen LogP contribution < -0.4 is 15.8 Å². The average Bonchev–Trinajstić information content (AvgIpc) is 2.41. The van der Waals surface area contributed by atoms with Gasteiger partial charge in [0.05, 0.1) is 4.90 Å². The molecule has 4 N–H and O–H groups in total. The van der Waals surface area contributed by atoms with Gasteiger partial charge in [-0.2, -0.15) is 0 Å². The second-order valence-electron chi connectivity index (χ2n) is 4.10. The third-order valence-corrected chi connectivity index (χ3v) is 4.15. The third-order valence-electron chi connectivity index (χ3n) is 2.45. The van der Waals surface area contributed by atoms with Gasteiger partial charge in [0, 0.05) is 24.5 Å². The lowest BCUT2D eigenvalue weighted by atomic mass is 10.3. The minimum atomic E-state index is -3.60. The second kappa shape index (κ2) is 8.21. The van der Waals surface area contributed by atoms with E-state index in [0.717, 1.165) is 0 Å². The average molecular weight is 320 g/mol. The van der Waals surface area contributed by atoms with Gasteiger partial charge in [-0.25, -0.2) is 13.1 Å². The van der Waals surface area contributed by atoms with E-state index in [0.29, 0.717) is 24.4 Å². The van der Waals surface area contributed by atoms with Crippen LogP contribution >= 0.6 is 11.6 Å². The van der Waals surface area contributed by atoms with Crippen LogP contribution in [0.15, 0.2) is 29.2 Å². The molecule has 0 aliphatic heterocycles. The Morgan fingerprint density at radius 1 is 1.30 bits per heavy atom. The summed E-state index contributed by atoms with van der Waals surface area (Å²) in [5.41, 5.74) is 5.28. The molecule has 1 amide bonds. The molecule has 0 aromatic heterocycles. The van der Waals surface area contributed by atoms with Gasteiger partial charge in [0.1, 0.15) is 0 Å². The van der Waals surface area contributed by atoms with Gasteiger partial charge in [-0.15, -0.1) is 0 Å². The van der Waals surface area contributed by atoms with E-state index in [1.54, 1.807) is 12.1 Å². The number of carbonyl (C=O) groups excluding carboxylic acids is 1. The third kappa shape index (κ3) is 5.87. The first-order valence-electron chi connectivity index (χ1n) is 6.17. The van der Waals surface area contributed by atoms with Crippen LogP contribution in [-0.4, -0.2) is 34.0 Å². The molecule has 0 spiro atoms. The van der Waals surface area contributed by atoms with Crippen LogP contribution in [0.3, 0.4) is 0 Å². The van der Waals surface area contributed by atoms with E-state index in [4.69, 9.17) is 17.3 Å². The largest absolute Gasteiger partial charge is 0.355 e. The molecule has 0 radical (unpaired) electrons. The van der Waals surface area contributed by atoms with Crippen molar-refractivity contribution in [2.24, 2.45) is 5.73 Å². The normalized spacial score (nSPS) is 11.3. The summed E-state index contributed by atoms with van der Waals surface area (Å²) >= 11 is 5.74. The summed E-state index contributed by atoms with van der Waals surface area (Å²) in [6.07, 6.45) is 0.956. The van der Waals surface area contributed by atoms with Gasteiger partial charge in [-0.05, 0) is 31.2 Å². The molecule has 20 heavy (non-hydrogen) atoms. The lowest BCUT2D eigenvalue weighted by molar-refractivity contribution is -0.121. The molecule has 0 aliphatic carbocycles. The monoisotopic (exact) mass is 319 g/mol. The number of sulfonamides is 1. The van der Waals surface area contributed by atoms with Crippen molar-refractivity contribution in [1.29, 1.82) is 0 Å². The molecule has 0 bridgehead atoms. The fourth-order valence-electron chi connectivity index (χ4n) is 1.46. The van der Waals surface area contributed by atoms with E-state index in [9.17, 15) is 13.2 Å². The summed E-state index contributed by atoms with van der Waals surface area (Å²) in [4.78, 5) is 11.4. The van der Waals surface area contributed by atoms with Crippen LogP contribution in [0.5, 0.6) is 0 Å². The highest BCUT2D eigenvalue weighted by Gasteiger charge is 2.13. The fraction of sp³-hybridized carbons (Fsp3) is 0.417. The zero-order chi connectivity index (χ0) is 15.0. The molecular formula is C12H18ClN3O3S. The topological polar surface area (TPSA) is 101 Å². The standard InChI is InChI=1S/C12H18ClN3O3S/c13-10-3-1-4-11(9-10)20(18,19)16-8-7-15-12(17)5-2-6-14/h1,3-4,9,16H,2,5-8,14H2,(H,15,17). The number of hydrogen-bond acceptors (Lipinski definition) is 4. The Labute approximate surface area is 123 Å². The first-order chi connectivity index (χ1) is 9.45. The lowest BCUT2D eigenvalue weighted by Crippen LogP contribution is -2.34. The Hall–Kier alpha value is -1.15. The van der Waals surface area contributed by atoms with Gasteiger partial charge >= 0.3 is 0 Å². The SMILES string of the molecule is NCCCC(=O)NCCNS(=O)(=O)c1cccc(Cl)c1. The van der Waals surface area contributed by atoms with Crippen molar-refractivity contribution < 1.29 is 13.2 Å². The molecule has 1 rings (SSSR count). The van der Waals surface area contributed by atoms with Crippen LogP contribution in [0.1, 0.15) is 12.8 Å². The minimum Gasteiger partial charge on any atom is -0.355 e. The van der Waals surface area contributed by atoms with Crippen LogP contribution in [-0.2, 0) is 14.8 Å². The first-order valence-corrected chi connectivity index (χ1v) is 8.04. The molecule has 0 saturated heterocycles. The minimum absolute atomic E-state index is 0.0967. The van der Waals surface area contributed by atoms with Crippen molar-refractivity contribution in [3.8, 4) is 0 Å². The van der Waals surface area contributed by atoms with E-state index in [1.165, 1.54) is 12.1 Å². The van der Waals surface area contributed by atoms with Crippen molar-refractivity contribution in [1.82, 2.24) is 10.0 Å². The molecular weight excluding hydrogens is 302 g/mol. The van der Waals surface area contributed by atoms with E-state index in [1.807, 2.05) is 0 Å². The molecule has 1 aromatic carbocycles. The molecule has 0 heterocycles. The van der Waals surface area contributed by atoms with E-state index in [-0.39, 0.29) is 23.9 Å². The van der Waals surface area contributed by atoms with Gasteiger partial charge in [-0.3, -0.25) is 4.79 Å². The zero-order valence-electron chi connectivity index (χ0n) is 10.9. The Kier molecular flexibility index (Phi) is 6.94. The Balaban J connectivity index is 2.39. The second-order valence-corrected chi connectivity index (χ2v) is 6.30. The summed E-state index contributed by atoms with van der Waals surface area (Å²) in [6, 6.07) is 5.97. The molecule has 8 heteroatoms. The van der Waals surface area contributed by atoms with Gasteiger partial charge in [0.25, 0.3) is 0 Å². The first kappa shape index (κ1) is 16.9. The highest BCUT2D eigenvalue weighted by Crippen LogP contribution is 2.14. The highest BCUT2D eigenvalue weighted by atomic mass is 35.5. The van der Waals surface area contributed by atoms with Crippen LogP contribution in [0.4, 0.5) is 0 Å². The van der Waals surface area contributed by atoms with Crippen molar-refractivity contribution in [3.63, 3.8) is 0 Å². The molecule has 112 valence electrons. The number of nitrogens with one attached hydrogen (secondary N) is 2. The maximum Gasteiger partial charge on any atom is 0.240 e. The van der Waals surface area contributed by atoms with Crippen LogP contribution in [0.2, 0.25) is 5.02 Å². The summed E-state index contributed by atoms with van der Waals surface area (Å²) in [5, 5.41) is 2.96. The summed E-state index contributed by atoms with van der Waals surface area (Å²) in [7, 11) is -3.60. The number of rotatable bonds is 8. The quantitative estimate of drug-likeness (QED) is 0.606. The zero-order valence-corrected chi connectivity index (χ0v) is 12.5. The van der Waals surface area contributed by atoms with Crippen molar-refractivity contribution in [2.75, 3.05) is 19.6 Å². The molecule has 0 atom stereocenters. The molecule has 0 unspecified atom stereocenters. The predicted octanol–water partition coefficient (Wildman–Crippen LogP) is 0.473. The summed E-state index contributed by atoms with van der Waals surface area (Å²) in [5.74, 6) is -0.141. The smallest absolute Gasteiger partial charge is 0.240 e. The van der Waals surface area contributed by atoms with Crippen molar-refractivity contribution in [3.05, 3.63) is 29.3 Å². The Bertz CT molecular complexity index is 549. The maximum absolute atomic E-state index is 11.9. The molecule has 6 nitrogen and oxygen atoms in total. The van der Waals surface area contributed by atoms with Crippen LogP contribution in [0.25, 0.3) is 0 Å². The fourth-order valence-corrected chi connectivity index (χ4v) is 2.79. The number of carbonyl (C=O) groups is 1. The number of nitrogens with two attached hydrogens (primary N) is 1. The maximum atomic E-state index is 11.9. The Morgan fingerprint density at radius 2 is 2.05 bits per heavy atom. The number of benzene rings is 1. The van der Waals surface area contributed by atoms with Gasteiger partial charge in [0.15, 0.2) is 0 Å². The van der Waals surface area contributed by atoms with Gasteiger partial charge in [0.2, 0.25) is 15.9 Å². The number of hydrogen-bond donors (Lipinski definition) is 3. The van der Waals surface area contributed by atoms with E-state index < -0.39 is 10.0 Å². The number of halogens is 1. The van der Waals surface area contributed by atoms with Crippen molar-refractivity contribution in [2.45, 2.75) is 17.7 Å². The highest BCUT2D eigenvalue weighted by molar-refractivity contribution is 7.89. The summed E-state index contributed by atoms with van der Waals surface area (Å²) < 4.78 is 26.2. The molecule has 1 aromatic rings. The van der Waals surface area contributed by atoms with Gasteiger partial charge in [-0.1, -0.05) is 17.7 Å². The molecule has 0 saturated carbocycles.